The van der Waals surface area contributed by atoms with Crippen molar-refractivity contribution >= 4 is 11.6 Å². The molecule has 0 bridgehead atoms. The van der Waals surface area contributed by atoms with Crippen LogP contribution in [0.25, 0.3) is 0 Å². The summed E-state index contributed by atoms with van der Waals surface area (Å²) in [6, 6.07) is 0.762. The van der Waals surface area contributed by atoms with Gasteiger partial charge in [-0.3, -0.25) is 4.68 Å². The number of hydrogen-bond donors (Lipinski definition) is 1. The van der Waals surface area contributed by atoms with Gasteiger partial charge >= 0.3 is 0 Å². The topological polar surface area (TPSA) is 33.1 Å². The molecule has 2 rings (SSSR count). The maximum Gasteiger partial charge on any atom is 0.0860 e. The van der Waals surface area contributed by atoms with Crippen molar-refractivity contribution in [2.75, 3.05) is 19.6 Å². The second-order valence-electron chi connectivity index (χ2n) is 5.88. The van der Waals surface area contributed by atoms with Gasteiger partial charge in [0.15, 0.2) is 0 Å². The molecule has 1 aromatic rings. The number of nitrogens with one attached hydrogen (secondary N) is 1. The fraction of sp³-hybridized carbons (Fsp3) is 0.800. The largest absolute Gasteiger partial charge is 0.311 e. The Bertz CT molecular complexity index is 430. The van der Waals surface area contributed by atoms with E-state index >= 15 is 0 Å². The molecule has 0 amide bonds. The molecule has 0 aliphatic carbocycles. The van der Waals surface area contributed by atoms with Gasteiger partial charge < -0.3 is 10.2 Å². The Labute approximate surface area is 127 Å². The van der Waals surface area contributed by atoms with E-state index in [2.05, 4.69) is 22.2 Å². The summed E-state index contributed by atoms with van der Waals surface area (Å²) in [6.45, 7) is 8.60. The lowest BCUT2D eigenvalue weighted by Crippen LogP contribution is -2.38. The molecule has 1 atom stereocenters. The number of hydrogen-bond acceptors (Lipinski definition) is 3. The molecule has 114 valence electrons. The molecule has 1 fully saturated rings. The van der Waals surface area contributed by atoms with E-state index in [1.165, 1.54) is 38.8 Å². The highest BCUT2D eigenvalue weighted by Gasteiger charge is 2.17. The first-order valence-electron chi connectivity index (χ1n) is 7.72. The van der Waals surface area contributed by atoms with Crippen LogP contribution in [-0.4, -0.2) is 40.4 Å². The molecular formula is C15H27ClN4. The second kappa shape index (κ2) is 7.43. The third-order valence-electron chi connectivity index (χ3n) is 4.29. The van der Waals surface area contributed by atoms with Gasteiger partial charge in [-0.2, -0.15) is 5.10 Å². The summed E-state index contributed by atoms with van der Waals surface area (Å²) in [4.78, 5) is 2.62. The fourth-order valence-corrected chi connectivity index (χ4v) is 3.20. The number of aromatic nitrogens is 2. The van der Waals surface area contributed by atoms with Gasteiger partial charge in [-0.15, -0.1) is 0 Å². The van der Waals surface area contributed by atoms with Crippen molar-refractivity contribution in [3.63, 3.8) is 0 Å². The molecule has 1 aliphatic heterocycles. The lowest BCUT2D eigenvalue weighted by molar-refractivity contribution is 0.159. The van der Waals surface area contributed by atoms with Crippen molar-refractivity contribution in [2.45, 2.75) is 52.1 Å². The Hall–Kier alpha value is -0.580. The zero-order valence-electron chi connectivity index (χ0n) is 13.0. The predicted octanol–water partition coefficient (Wildman–Crippen LogP) is 2.74. The average Bonchev–Trinajstić information content (AvgIpc) is 2.66. The maximum absolute atomic E-state index is 6.24. The number of nitrogens with zero attached hydrogens (tertiary/aromatic N) is 3. The van der Waals surface area contributed by atoms with E-state index in [4.69, 9.17) is 11.6 Å². The molecule has 5 heteroatoms. The van der Waals surface area contributed by atoms with Crippen molar-refractivity contribution in [3.8, 4) is 0 Å². The zero-order valence-corrected chi connectivity index (χ0v) is 13.7. The van der Waals surface area contributed by atoms with Gasteiger partial charge in [0.2, 0.25) is 0 Å². The highest BCUT2D eigenvalue weighted by Crippen LogP contribution is 2.19. The Morgan fingerprint density at radius 2 is 2.20 bits per heavy atom. The molecule has 1 aromatic heterocycles. The SMILES string of the molecule is Cc1nn(C)c(CNCCCN2CCCCC2C)c1Cl. The van der Waals surface area contributed by atoms with Crippen LogP contribution in [0.2, 0.25) is 5.02 Å². The van der Waals surface area contributed by atoms with E-state index < -0.39 is 0 Å². The van der Waals surface area contributed by atoms with Crippen LogP contribution in [0, 0.1) is 6.92 Å². The number of aryl methyl sites for hydroxylation is 2. The molecule has 1 unspecified atom stereocenters. The van der Waals surface area contributed by atoms with Crippen molar-refractivity contribution in [1.29, 1.82) is 0 Å². The summed E-state index contributed by atoms with van der Waals surface area (Å²) in [6.07, 6.45) is 5.31. The molecule has 1 N–H and O–H groups in total. The standard InChI is InChI=1S/C15H27ClN4/c1-12-7-4-5-9-20(12)10-6-8-17-11-14-15(16)13(2)18-19(14)3/h12,17H,4-11H2,1-3H3. The predicted molar refractivity (Wildman–Crippen MR) is 84.2 cm³/mol. The number of piperidine rings is 1. The number of likely N-dealkylation sites (tertiary alicyclic amines) is 1. The first kappa shape index (κ1) is 15.8. The zero-order chi connectivity index (χ0) is 14.5. The molecule has 0 aromatic carbocycles. The molecule has 20 heavy (non-hydrogen) atoms. The summed E-state index contributed by atoms with van der Waals surface area (Å²) in [5, 5.41) is 8.60. The van der Waals surface area contributed by atoms with Crippen molar-refractivity contribution in [2.24, 2.45) is 7.05 Å². The van der Waals surface area contributed by atoms with Crippen LogP contribution >= 0.6 is 11.6 Å². The normalized spacial score (nSPS) is 20.5. The third-order valence-corrected chi connectivity index (χ3v) is 4.79. The molecular weight excluding hydrogens is 272 g/mol. The third kappa shape index (κ3) is 3.96. The van der Waals surface area contributed by atoms with Crippen LogP contribution in [0.5, 0.6) is 0 Å². The minimum atomic E-state index is 0.762. The fourth-order valence-electron chi connectivity index (χ4n) is 2.98. The minimum absolute atomic E-state index is 0.762. The lowest BCUT2D eigenvalue weighted by Gasteiger charge is -2.33. The summed E-state index contributed by atoms with van der Waals surface area (Å²) >= 11 is 6.24. The van der Waals surface area contributed by atoms with Crippen LogP contribution in [0.1, 0.15) is 44.0 Å². The molecule has 0 spiro atoms. The lowest BCUT2D eigenvalue weighted by atomic mass is 10.0. The van der Waals surface area contributed by atoms with Crippen molar-refractivity contribution < 1.29 is 0 Å². The average molecular weight is 299 g/mol. The Balaban J connectivity index is 1.66. The smallest absolute Gasteiger partial charge is 0.0860 e. The van der Waals surface area contributed by atoms with Gasteiger partial charge in [0.1, 0.15) is 0 Å². The van der Waals surface area contributed by atoms with E-state index in [1.54, 1.807) is 0 Å². The first-order valence-corrected chi connectivity index (χ1v) is 8.10. The van der Waals surface area contributed by atoms with E-state index in [0.717, 1.165) is 35.5 Å². The molecule has 2 heterocycles. The monoisotopic (exact) mass is 298 g/mol. The highest BCUT2D eigenvalue weighted by molar-refractivity contribution is 6.31. The Morgan fingerprint density at radius 1 is 1.40 bits per heavy atom. The van der Waals surface area contributed by atoms with E-state index in [9.17, 15) is 0 Å². The van der Waals surface area contributed by atoms with Gasteiger partial charge in [-0.25, -0.2) is 0 Å². The van der Waals surface area contributed by atoms with Crippen molar-refractivity contribution in [1.82, 2.24) is 20.0 Å². The van der Waals surface area contributed by atoms with Gasteiger partial charge in [0.05, 0.1) is 16.4 Å². The highest BCUT2D eigenvalue weighted by atomic mass is 35.5. The Kier molecular flexibility index (Phi) is 5.87. The van der Waals surface area contributed by atoms with E-state index in [-0.39, 0.29) is 0 Å². The van der Waals surface area contributed by atoms with Crippen LogP contribution in [0.15, 0.2) is 0 Å². The molecule has 0 saturated carbocycles. The second-order valence-corrected chi connectivity index (χ2v) is 6.26. The van der Waals surface area contributed by atoms with Gasteiger partial charge in [0.25, 0.3) is 0 Å². The summed E-state index contributed by atoms with van der Waals surface area (Å²) < 4.78 is 1.87. The molecule has 0 radical (unpaired) electrons. The molecule has 1 aliphatic rings. The van der Waals surface area contributed by atoms with Crippen LogP contribution < -0.4 is 5.32 Å². The van der Waals surface area contributed by atoms with E-state index in [1.807, 2.05) is 18.7 Å². The number of halogens is 1. The maximum atomic E-state index is 6.24. The van der Waals surface area contributed by atoms with Crippen LogP contribution in [-0.2, 0) is 13.6 Å². The van der Waals surface area contributed by atoms with Crippen LogP contribution in [0.3, 0.4) is 0 Å². The van der Waals surface area contributed by atoms with Gasteiger partial charge in [-0.05, 0) is 52.7 Å². The quantitative estimate of drug-likeness (QED) is 0.820. The van der Waals surface area contributed by atoms with Gasteiger partial charge in [-0.1, -0.05) is 18.0 Å². The minimum Gasteiger partial charge on any atom is -0.311 e. The Morgan fingerprint density at radius 3 is 2.85 bits per heavy atom. The summed E-state index contributed by atoms with van der Waals surface area (Å²) in [5.41, 5.74) is 1.99. The van der Waals surface area contributed by atoms with E-state index in [0.29, 0.717) is 0 Å². The molecule has 1 saturated heterocycles. The van der Waals surface area contributed by atoms with Crippen molar-refractivity contribution in [3.05, 3.63) is 16.4 Å². The van der Waals surface area contributed by atoms with Gasteiger partial charge in [0, 0.05) is 19.6 Å². The molecule has 4 nitrogen and oxygen atoms in total. The summed E-state index contributed by atoms with van der Waals surface area (Å²) in [5.74, 6) is 0. The number of rotatable bonds is 6. The first-order chi connectivity index (χ1) is 9.59. The van der Waals surface area contributed by atoms with Crippen LogP contribution in [0.4, 0.5) is 0 Å². The summed E-state index contributed by atoms with van der Waals surface area (Å²) in [7, 11) is 1.95.